The number of aromatic nitrogens is 1. The molecule has 0 spiro atoms. The van der Waals surface area contributed by atoms with E-state index in [2.05, 4.69) is 4.98 Å². The first kappa shape index (κ1) is 10.6. The molecule has 0 saturated carbocycles. The number of ketones is 1. The van der Waals surface area contributed by atoms with Crippen molar-refractivity contribution in [3.63, 3.8) is 0 Å². The minimum absolute atomic E-state index is 0.114. The maximum Gasteiger partial charge on any atom is 0.194 e. The van der Waals surface area contributed by atoms with Gasteiger partial charge >= 0.3 is 0 Å². The Labute approximate surface area is 97.9 Å². The number of nitrogen functional groups attached to an aromatic ring is 1. The van der Waals surface area contributed by atoms with Crippen LogP contribution in [0.4, 0.5) is 5.69 Å². The van der Waals surface area contributed by atoms with Gasteiger partial charge in [-0.25, -0.2) is 4.98 Å². The lowest BCUT2D eigenvalue weighted by atomic mass is 10.0. The summed E-state index contributed by atoms with van der Waals surface area (Å²) in [6.07, 6.45) is 1.45. The molecular formula is C12H9ClN2O. The molecule has 2 rings (SSSR count). The van der Waals surface area contributed by atoms with Gasteiger partial charge in [0.05, 0.1) is 0 Å². The summed E-state index contributed by atoms with van der Waals surface area (Å²) in [5.41, 5.74) is 7.21. The van der Waals surface area contributed by atoms with Gasteiger partial charge in [-0.05, 0) is 24.3 Å². The lowest BCUT2D eigenvalue weighted by Gasteiger charge is -2.01. The first-order chi connectivity index (χ1) is 7.66. The fourth-order valence-electron chi connectivity index (χ4n) is 1.36. The van der Waals surface area contributed by atoms with Crippen molar-refractivity contribution in [3.05, 3.63) is 58.9 Å². The number of nitrogens with zero attached hydrogens (tertiary/aromatic N) is 1. The third-order valence-electron chi connectivity index (χ3n) is 2.14. The number of anilines is 1. The molecule has 0 aliphatic heterocycles. The molecule has 0 fully saturated rings. The zero-order valence-electron chi connectivity index (χ0n) is 8.35. The van der Waals surface area contributed by atoms with Crippen LogP contribution < -0.4 is 5.73 Å². The molecule has 2 N–H and O–H groups in total. The van der Waals surface area contributed by atoms with E-state index < -0.39 is 0 Å². The summed E-state index contributed by atoms with van der Waals surface area (Å²) >= 11 is 5.65. The predicted molar refractivity (Wildman–Crippen MR) is 63.5 cm³/mol. The second-order valence-electron chi connectivity index (χ2n) is 3.32. The Morgan fingerprint density at radius 3 is 2.62 bits per heavy atom. The van der Waals surface area contributed by atoms with Crippen LogP contribution in [-0.2, 0) is 0 Å². The Kier molecular flexibility index (Phi) is 2.88. The van der Waals surface area contributed by atoms with E-state index >= 15 is 0 Å². The number of pyridine rings is 1. The highest BCUT2D eigenvalue weighted by molar-refractivity contribution is 6.29. The zero-order valence-corrected chi connectivity index (χ0v) is 9.11. The van der Waals surface area contributed by atoms with Gasteiger partial charge < -0.3 is 5.73 Å². The Morgan fingerprint density at radius 2 is 2.00 bits per heavy atom. The van der Waals surface area contributed by atoms with E-state index in [9.17, 15) is 4.79 Å². The third-order valence-corrected chi connectivity index (χ3v) is 2.36. The molecule has 0 radical (unpaired) electrons. The van der Waals surface area contributed by atoms with Crippen LogP contribution in [0.15, 0.2) is 42.6 Å². The molecule has 3 nitrogen and oxygen atoms in total. The zero-order chi connectivity index (χ0) is 11.5. The van der Waals surface area contributed by atoms with E-state index in [0.717, 1.165) is 0 Å². The Balaban J connectivity index is 2.35. The second-order valence-corrected chi connectivity index (χ2v) is 3.71. The van der Waals surface area contributed by atoms with Crippen LogP contribution >= 0.6 is 11.6 Å². The van der Waals surface area contributed by atoms with Crippen molar-refractivity contribution in [1.29, 1.82) is 0 Å². The van der Waals surface area contributed by atoms with E-state index in [4.69, 9.17) is 17.3 Å². The number of hydrogen-bond donors (Lipinski definition) is 1. The molecule has 1 aromatic heterocycles. The van der Waals surface area contributed by atoms with E-state index in [1.165, 1.54) is 6.20 Å². The minimum atomic E-state index is -0.114. The summed E-state index contributed by atoms with van der Waals surface area (Å²) in [4.78, 5) is 15.8. The number of halogens is 1. The summed E-state index contributed by atoms with van der Waals surface area (Å²) in [7, 11) is 0. The number of carbonyl (C=O) groups is 1. The molecule has 0 aliphatic carbocycles. The first-order valence-electron chi connectivity index (χ1n) is 4.68. The SMILES string of the molecule is Nc1cccc(C(=O)c2ccc(Cl)nc2)c1. The molecule has 1 aromatic carbocycles. The highest BCUT2D eigenvalue weighted by Gasteiger charge is 2.09. The lowest BCUT2D eigenvalue weighted by Crippen LogP contribution is -2.02. The van der Waals surface area contributed by atoms with Crippen LogP contribution in [0.1, 0.15) is 15.9 Å². The predicted octanol–water partition coefficient (Wildman–Crippen LogP) is 2.55. The monoisotopic (exact) mass is 232 g/mol. The topological polar surface area (TPSA) is 56.0 Å². The summed E-state index contributed by atoms with van der Waals surface area (Å²) in [6.45, 7) is 0. The van der Waals surface area contributed by atoms with Crippen molar-refractivity contribution in [2.75, 3.05) is 5.73 Å². The molecule has 0 saturated heterocycles. The minimum Gasteiger partial charge on any atom is -0.399 e. The Bertz CT molecular complexity index is 523. The molecule has 4 heteroatoms. The van der Waals surface area contributed by atoms with Crippen LogP contribution in [-0.4, -0.2) is 10.8 Å². The summed E-state index contributed by atoms with van der Waals surface area (Å²) < 4.78 is 0. The summed E-state index contributed by atoms with van der Waals surface area (Å²) in [6, 6.07) is 10.1. The van der Waals surface area contributed by atoms with Crippen LogP contribution in [0, 0.1) is 0 Å². The maximum absolute atomic E-state index is 12.0. The van der Waals surface area contributed by atoms with Crippen molar-refractivity contribution < 1.29 is 4.79 Å². The van der Waals surface area contributed by atoms with Gasteiger partial charge in [-0.2, -0.15) is 0 Å². The van der Waals surface area contributed by atoms with Gasteiger partial charge in [-0.1, -0.05) is 23.7 Å². The van der Waals surface area contributed by atoms with Gasteiger partial charge in [0.1, 0.15) is 5.15 Å². The van der Waals surface area contributed by atoms with Crippen LogP contribution in [0.2, 0.25) is 5.15 Å². The molecule has 0 unspecified atom stereocenters. The van der Waals surface area contributed by atoms with Crippen molar-refractivity contribution >= 4 is 23.1 Å². The largest absolute Gasteiger partial charge is 0.399 e. The molecule has 2 aromatic rings. The summed E-state index contributed by atoms with van der Waals surface area (Å²) in [5, 5.41) is 0.365. The first-order valence-corrected chi connectivity index (χ1v) is 5.06. The van der Waals surface area contributed by atoms with E-state index in [1.807, 2.05) is 0 Å². The van der Waals surface area contributed by atoms with E-state index in [-0.39, 0.29) is 5.78 Å². The standard InChI is InChI=1S/C12H9ClN2O/c13-11-5-4-9(7-15-11)12(16)8-2-1-3-10(14)6-8/h1-7H,14H2. The fourth-order valence-corrected chi connectivity index (χ4v) is 1.47. The Morgan fingerprint density at radius 1 is 1.19 bits per heavy atom. The van der Waals surface area contributed by atoms with Crippen LogP contribution in [0.3, 0.4) is 0 Å². The molecule has 80 valence electrons. The van der Waals surface area contributed by atoms with Crippen molar-refractivity contribution in [3.8, 4) is 0 Å². The van der Waals surface area contributed by atoms with Gasteiger partial charge in [0, 0.05) is 23.0 Å². The number of hydrogen-bond acceptors (Lipinski definition) is 3. The fraction of sp³-hybridized carbons (Fsp3) is 0. The van der Waals surface area contributed by atoms with Gasteiger partial charge in [0.25, 0.3) is 0 Å². The van der Waals surface area contributed by atoms with Gasteiger partial charge in [-0.3, -0.25) is 4.79 Å². The molecule has 0 aliphatic rings. The van der Waals surface area contributed by atoms with Crippen LogP contribution in [0.25, 0.3) is 0 Å². The molecule has 0 atom stereocenters. The highest BCUT2D eigenvalue weighted by Crippen LogP contribution is 2.13. The molecule has 1 heterocycles. The van der Waals surface area contributed by atoms with E-state index in [0.29, 0.717) is 22.0 Å². The van der Waals surface area contributed by atoms with Crippen molar-refractivity contribution in [2.24, 2.45) is 0 Å². The average Bonchev–Trinajstić information content (AvgIpc) is 2.29. The lowest BCUT2D eigenvalue weighted by molar-refractivity contribution is 0.103. The number of nitrogens with two attached hydrogens (primary N) is 1. The van der Waals surface area contributed by atoms with Crippen LogP contribution in [0.5, 0.6) is 0 Å². The molecular weight excluding hydrogens is 224 g/mol. The van der Waals surface area contributed by atoms with Crippen molar-refractivity contribution in [1.82, 2.24) is 4.98 Å². The molecule has 0 amide bonds. The van der Waals surface area contributed by atoms with Gasteiger partial charge in [0.15, 0.2) is 5.78 Å². The second kappa shape index (κ2) is 4.33. The summed E-state index contributed by atoms with van der Waals surface area (Å²) in [5.74, 6) is -0.114. The van der Waals surface area contributed by atoms with E-state index in [1.54, 1.807) is 36.4 Å². The Hall–Kier alpha value is -1.87. The van der Waals surface area contributed by atoms with Gasteiger partial charge in [0.2, 0.25) is 0 Å². The highest BCUT2D eigenvalue weighted by atomic mass is 35.5. The van der Waals surface area contributed by atoms with Crippen molar-refractivity contribution in [2.45, 2.75) is 0 Å². The normalized spacial score (nSPS) is 10.1. The van der Waals surface area contributed by atoms with Gasteiger partial charge in [-0.15, -0.1) is 0 Å². The number of rotatable bonds is 2. The molecule has 16 heavy (non-hydrogen) atoms. The molecule has 0 bridgehead atoms. The third kappa shape index (κ3) is 2.20. The quantitative estimate of drug-likeness (QED) is 0.492. The number of carbonyl (C=O) groups excluding carboxylic acids is 1. The smallest absolute Gasteiger partial charge is 0.194 e. The number of benzene rings is 1. The average molecular weight is 233 g/mol. The maximum atomic E-state index is 12.0.